The van der Waals surface area contributed by atoms with Crippen LogP contribution in [0, 0.1) is 11.6 Å². The van der Waals surface area contributed by atoms with Crippen molar-refractivity contribution in [1.82, 2.24) is 0 Å². The van der Waals surface area contributed by atoms with Gasteiger partial charge in [-0.1, -0.05) is 36.4 Å². The van der Waals surface area contributed by atoms with E-state index in [1.165, 1.54) is 36.4 Å². The van der Waals surface area contributed by atoms with Crippen LogP contribution in [0.1, 0.15) is 0 Å². The number of halogens is 2. The van der Waals surface area contributed by atoms with Gasteiger partial charge in [-0.15, -0.1) is 0 Å². The first kappa shape index (κ1) is 17.7. The highest BCUT2D eigenvalue weighted by Crippen LogP contribution is 2.33. The van der Waals surface area contributed by atoms with Crippen LogP contribution in [-0.4, -0.2) is 13.0 Å². The monoisotopic (exact) mass is 378 g/mol. The lowest BCUT2D eigenvalue weighted by atomic mass is 10.3. The van der Waals surface area contributed by atoms with Crippen LogP contribution < -0.4 is 15.9 Å². The van der Waals surface area contributed by atoms with E-state index < -0.39 is 18.0 Å². The second kappa shape index (κ2) is 7.00. The van der Waals surface area contributed by atoms with Crippen molar-refractivity contribution in [2.75, 3.05) is 0 Å². The summed E-state index contributed by atoms with van der Waals surface area (Å²) in [6.45, 7) is 0. The minimum atomic E-state index is -4.28. The van der Waals surface area contributed by atoms with Gasteiger partial charge in [0.2, 0.25) is 0 Å². The number of hydrogen-bond acceptors (Lipinski definition) is 2. The normalized spacial score (nSPS) is 11.7. The minimum absolute atomic E-state index is 0.204. The molecule has 0 radical (unpaired) electrons. The van der Waals surface area contributed by atoms with Gasteiger partial charge >= 0.3 is 0 Å². The first-order chi connectivity index (χ1) is 11.8. The van der Waals surface area contributed by atoms with Gasteiger partial charge in [-0.3, -0.25) is 4.55 Å². The molecule has 0 saturated heterocycles. The van der Waals surface area contributed by atoms with Crippen molar-refractivity contribution in [3.05, 3.63) is 84.4 Å². The fourth-order valence-electron chi connectivity index (χ4n) is 2.39. The Kier molecular flexibility index (Phi) is 4.95. The predicted octanol–water partition coefficient (Wildman–Crippen LogP) is 2.97. The van der Waals surface area contributed by atoms with Crippen molar-refractivity contribution in [3.63, 3.8) is 0 Å². The average molecular weight is 378 g/mol. The quantitative estimate of drug-likeness (QED) is 0.561. The fraction of sp³-hybridized carbons (Fsp3) is 0. The Morgan fingerprint density at radius 3 is 1.28 bits per heavy atom. The number of rotatable bonds is 4. The van der Waals surface area contributed by atoms with Crippen LogP contribution in [-0.2, 0) is 10.1 Å². The van der Waals surface area contributed by atoms with E-state index in [1.807, 2.05) is 0 Å². The topological polar surface area (TPSA) is 54.4 Å². The zero-order valence-electron chi connectivity index (χ0n) is 12.8. The van der Waals surface area contributed by atoms with Crippen molar-refractivity contribution < 1.29 is 21.8 Å². The van der Waals surface area contributed by atoms with E-state index in [1.54, 1.807) is 36.4 Å². The van der Waals surface area contributed by atoms with E-state index in [0.717, 1.165) is 15.9 Å². The second-order valence-electron chi connectivity index (χ2n) is 5.26. The van der Waals surface area contributed by atoms with Gasteiger partial charge in [-0.2, -0.15) is 8.42 Å². The third-order valence-electron chi connectivity index (χ3n) is 3.56. The Morgan fingerprint density at radius 1 is 0.640 bits per heavy atom. The van der Waals surface area contributed by atoms with Crippen molar-refractivity contribution in [1.29, 1.82) is 0 Å². The standard InChI is InChI=1S/C18H13F2O3PS/c19-13-1-5-15(6-2-13)24(16-7-3-14(20)4-8-16)17-9-11-18(12-10-17)25(21,22)23/h1-12H,(H,21,22,23). The molecule has 0 unspecified atom stereocenters. The zero-order valence-corrected chi connectivity index (χ0v) is 14.5. The lowest BCUT2D eigenvalue weighted by Crippen LogP contribution is -2.21. The van der Waals surface area contributed by atoms with Crippen molar-refractivity contribution in [3.8, 4) is 0 Å². The lowest BCUT2D eigenvalue weighted by Gasteiger charge is -2.19. The van der Waals surface area contributed by atoms with E-state index in [0.29, 0.717) is 0 Å². The van der Waals surface area contributed by atoms with Gasteiger partial charge in [0, 0.05) is 0 Å². The summed E-state index contributed by atoms with van der Waals surface area (Å²) in [6.07, 6.45) is 0. The zero-order chi connectivity index (χ0) is 18.0. The van der Waals surface area contributed by atoms with Crippen molar-refractivity contribution in [2.24, 2.45) is 0 Å². The minimum Gasteiger partial charge on any atom is -0.282 e. The molecule has 0 aliphatic rings. The SMILES string of the molecule is O=S(=O)(O)c1ccc(P(c2ccc(F)cc2)c2ccc(F)cc2)cc1. The third kappa shape index (κ3) is 4.10. The summed E-state index contributed by atoms with van der Waals surface area (Å²) in [6, 6.07) is 17.8. The number of benzene rings is 3. The third-order valence-corrected chi connectivity index (χ3v) is 6.87. The van der Waals surface area contributed by atoms with Crippen LogP contribution in [0.3, 0.4) is 0 Å². The lowest BCUT2D eigenvalue weighted by molar-refractivity contribution is 0.483. The molecule has 0 aromatic heterocycles. The Hall–Kier alpha value is -2.14. The summed E-state index contributed by atoms with van der Waals surface area (Å²) < 4.78 is 58.0. The van der Waals surface area contributed by atoms with Crippen LogP contribution in [0.5, 0.6) is 0 Å². The van der Waals surface area contributed by atoms with Gasteiger partial charge in [-0.05, 0) is 60.2 Å². The molecule has 0 spiro atoms. The van der Waals surface area contributed by atoms with Crippen molar-refractivity contribution in [2.45, 2.75) is 4.90 Å². The van der Waals surface area contributed by atoms with Crippen LogP contribution in [0.2, 0.25) is 0 Å². The first-order valence-electron chi connectivity index (χ1n) is 7.23. The summed E-state index contributed by atoms with van der Waals surface area (Å²) in [7, 11) is -5.41. The molecule has 1 N–H and O–H groups in total. The molecule has 0 heterocycles. The Balaban J connectivity index is 2.10. The summed E-state index contributed by atoms with van der Waals surface area (Å²) in [5.41, 5.74) is 0. The van der Waals surface area contributed by atoms with Crippen molar-refractivity contribution >= 4 is 34.0 Å². The molecule has 0 saturated carbocycles. The maximum atomic E-state index is 13.3. The molecule has 0 amide bonds. The highest BCUT2D eigenvalue weighted by Gasteiger charge is 2.18. The van der Waals surface area contributed by atoms with Gasteiger partial charge in [0.05, 0.1) is 4.90 Å². The Bertz CT molecular complexity index is 925. The molecule has 0 aliphatic carbocycles. The van der Waals surface area contributed by atoms with Gasteiger partial charge in [0.1, 0.15) is 11.6 Å². The molecular weight excluding hydrogens is 365 g/mol. The molecule has 0 aliphatic heterocycles. The first-order valence-corrected chi connectivity index (χ1v) is 10.0. The Labute approximate surface area is 145 Å². The number of hydrogen-bond donors (Lipinski definition) is 1. The summed E-state index contributed by atoms with van der Waals surface area (Å²) in [5.74, 6) is -0.723. The van der Waals surface area contributed by atoms with Crippen LogP contribution in [0.4, 0.5) is 8.78 Å². The molecule has 0 bridgehead atoms. The summed E-state index contributed by atoms with van der Waals surface area (Å²) >= 11 is 0. The van der Waals surface area contributed by atoms with E-state index in [4.69, 9.17) is 4.55 Å². The fourth-order valence-corrected chi connectivity index (χ4v) is 5.11. The Morgan fingerprint density at radius 2 is 0.960 bits per heavy atom. The molecule has 3 aromatic rings. The molecule has 25 heavy (non-hydrogen) atoms. The predicted molar refractivity (Wildman–Crippen MR) is 94.9 cm³/mol. The van der Waals surface area contributed by atoms with E-state index >= 15 is 0 Å². The highest BCUT2D eigenvalue weighted by molar-refractivity contribution is 7.85. The van der Waals surface area contributed by atoms with Gasteiger partial charge in [0.15, 0.2) is 0 Å². The average Bonchev–Trinajstić information content (AvgIpc) is 2.58. The molecule has 0 atom stereocenters. The van der Waals surface area contributed by atoms with Gasteiger partial charge in [0.25, 0.3) is 10.1 Å². The summed E-state index contributed by atoms with van der Waals surface area (Å²) in [5, 5.41) is 2.46. The van der Waals surface area contributed by atoms with E-state index in [2.05, 4.69) is 0 Å². The van der Waals surface area contributed by atoms with E-state index in [-0.39, 0.29) is 16.5 Å². The summed E-state index contributed by atoms with van der Waals surface area (Å²) in [4.78, 5) is -0.204. The second-order valence-corrected chi connectivity index (χ2v) is 8.90. The van der Waals surface area contributed by atoms with Crippen LogP contribution >= 0.6 is 7.92 Å². The molecule has 128 valence electrons. The largest absolute Gasteiger partial charge is 0.294 e. The van der Waals surface area contributed by atoms with Crippen LogP contribution in [0.15, 0.2) is 77.7 Å². The van der Waals surface area contributed by atoms with E-state index in [9.17, 15) is 17.2 Å². The molecule has 7 heteroatoms. The maximum Gasteiger partial charge on any atom is 0.294 e. The molecular formula is C18H13F2O3PS. The molecule has 3 rings (SSSR count). The van der Waals surface area contributed by atoms with Gasteiger partial charge in [-0.25, -0.2) is 8.78 Å². The maximum absolute atomic E-state index is 13.3. The highest BCUT2D eigenvalue weighted by atomic mass is 32.2. The molecule has 3 nitrogen and oxygen atoms in total. The molecule has 0 fully saturated rings. The molecule has 3 aromatic carbocycles. The van der Waals surface area contributed by atoms with Gasteiger partial charge < -0.3 is 0 Å². The van der Waals surface area contributed by atoms with Crippen LogP contribution in [0.25, 0.3) is 0 Å². The smallest absolute Gasteiger partial charge is 0.282 e.